The molecule has 0 bridgehead atoms. The Balaban J connectivity index is 2.41. The van der Waals surface area contributed by atoms with E-state index in [2.05, 4.69) is 33.8 Å². The quantitative estimate of drug-likeness (QED) is 0.616. The van der Waals surface area contributed by atoms with Gasteiger partial charge in [-0.1, -0.05) is 38.8 Å². The summed E-state index contributed by atoms with van der Waals surface area (Å²) in [6, 6.07) is 0. The fourth-order valence-electron chi connectivity index (χ4n) is 3.98. The number of aliphatic hydroxyl groups excluding tert-OH is 1. The van der Waals surface area contributed by atoms with Crippen molar-refractivity contribution in [2.45, 2.75) is 65.9 Å². The first kappa shape index (κ1) is 12.2. The smallest absolute Gasteiger partial charge is 0.0602 e. The molecule has 1 heteroatoms. The molecule has 92 valence electrons. The lowest BCUT2D eigenvalue weighted by molar-refractivity contribution is -0.0643. The molecule has 3 atom stereocenters. The maximum absolute atomic E-state index is 10.5. The third kappa shape index (κ3) is 1.84. The lowest BCUT2D eigenvalue weighted by Gasteiger charge is -2.51. The second-order valence-corrected chi connectivity index (χ2v) is 6.89. The Hall–Kier alpha value is -0.300. The maximum atomic E-state index is 10.5. The Bertz CT molecular complexity index is 303. The number of hydrogen-bond acceptors (Lipinski definition) is 1. The molecule has 0 aliphatic heterocycles. The molecule has 0 saturated heterocycles. The van der Waals surface area contributed by atoms with Crippen molar-refractivity contribution in [3.8, 4) is 0 Å². The molecule has 0 aromatic rings. The van der Waals surface area contributed by atoms with Crippen LogP contribution in [0.1, 0.15) is 59.8 Å². The van der Waals surface area contributed by atoms with Crippen molar-refractivity contribution in [1.82, 2.24) is 0 Å². The predicted octanol–water partition coefficient (Wildman–Crippen LogP) is 3.92. The van der Waals surface area contributed by atoms with Crippen molar-refractivity contribution in [3.05, 3.63) is 11.6 Å². The normalized spacial score (nSPS) is 43.2. The van der Waals surface area contributed by atoms with Crippen LogP contribution in [-0.4, -0.2) is 11.2 Å². The minimum Gasteiger partial charge on any atom is -0.393 e. The van der Waals surface area contributed by atoms with Crippen LogP contribution in [0.15, 0.2) is 11.6 Å². The summed E-state index contributed by atoms with van der Waals surface area (Å²) in [6.45, 7) is 9.27. The molecule has 0 aromatic heterocycles. The van der Waals surface area contributed by atoms with Crippen LogP contribution in [0.4, 0.5) is 0 Å². The van der Waals surface area contributed by atoms with E-state index in [9.17, 15) is 5.11 Å². The van der Waals surface area contributed by atoms with Crippen molar-refractivity contribution < 1.29 is 5.11 Å². The third-order valence-electron chi connectivity index (χ3n) is 5.11. The molecule has 1 fully saturated rings. The SMILES string of the molecule is CC1=C[C@@H]2C(C)(C)CCC[C@]2(C)[C@H](O)CC1. The van der Waals surface area contributed by atoms with Gasteiger partial charge in [-0.2, -0.15) is 0 Å². The predicted molar refractivity (Wildman–Crippen MR) is 68.2 cm³/mol. The second-order valence-electron chi connectivity index (χ2n) is 6.89. The summed E-state index contributed by atoms with van der Waals surface area (Å²) in [6.07, 6.45) is 8.12. The summed E-state index contributed by atoms with van der Waals surface area (Å²) in [5.41, 5.74) is 1.93. The highest BCUT2D eigenvalue weighted by atomic mass is 16.3. The Kier molecular flexibility index (Phi) is 2.94. The summed E-state index contributed by atoms with van der Waals surface area (Å²) >= 11 is 0. The highest BCUT2D eigenvalue weighted by Crippen LogP contribution is 2.55. The molecule has 0 amide bonds. The minimum absolute atomic E-state index is 0.111. The van der Waals surface area contributed by atoms with Crippen LogP contribution in [0.25, 0.3) is 0 Å². The molecule has 2 aliphatic carbocycles. The average molecular weight is 222 g/mol. The highest BCUT2D eigenvalue weighted by molar-refractivity contribution is 5.15. The minimum atomic E-state index is -0.120. The Morgan fingerprint density at radius 3 is 2.62 bits per heavy atom. The fraction of sp³-hybridized carbons (Fsp3) is 0.867. The topological polar surface area (TPSA) is 20.2 Å². The zero-order valence-corrected chi connectivity index (χ0v) is 11.2. The number of fused-ring (bicyclic) bond motifs is 1. The number of aliphatic hydroxyl groups is 1. The number of hydrogen-bond donors (Lipinski definition) is 1. The largest absolute Gasteiger partial charge is 0.393 e. The molecule has 2 aliphatic rings. The van der Waals surface area contributed by atoms with Gasteiger partial charge in [-0.25, -0.2) is 0 Å². The molecule has 16 heavy (non-hydrogen) atoms. The van der Waals surface area contributed by atoms with Gasteiger partial charge in [0.05, 0.1) is 6.10 Å². The van der Waals surface area contributed by atoms with E-state index in [1.165, 1.54) is 24.8 Å². The molecule has 0 spiro atoms. The van der Waals surface area contributed by atoms with Crippen LogP contribution in [0, 0.1) is 16.7 Å². The van der Waals surface area contributed by atoms with E-state index in [1.54, 1.807) is 0 Å². The average Bonchev–Trinajstić information content (AvgIpc) is 2.29. The van der Waals surface area contributed by atoms with Crippen LogP contribution in [0.2, 0.25) is 0 Å². The second kappa shape index (κ2) is 3.87. The van der Waals surface area contributed by atoms with Gasteiger partial charge in [0, 0.05) is 5.41 Å². The van der Waals surface area contributed by atoms with Gasteiger partial charge in [0.15, 0.2) is 0 Å². The van der Waals surface area contributed by atoms with E-state index >= 15 is 0 Å². The first-order valence-corrected chi connectivity index (χ1v) is 6.72. The van der Waals surface area contributed by atoms with E-state index < -0.39 is 0 Å². The van der Waals surface area contributed by atoms with Gasteiger partial charge in [-0.3, -0.25) is 0 Å². The Morgan fingerprint density at radius 2 is 1.94 bits per heavy atom. The van der Waals surface area contributed by atoms with Crippen LogP contribution in [0.3, 0.4) is 0 Å². The summed E-state index contributed by atoms with van der Waals surface area (Å²) in [5, 5.41) is 10.5. The summed E-state index contributed by atoms with van der Waals surface area (Å²) < 4.78 is 0. The van der Waals surface area contributed by atoms with Crippen molar-refractivity contribution in [2.75, 3.05) is 0 Å². The summed E-state index contributed by atoms with van der Waals surface area (Å²) in [4.78, 5) is 0. The zero-order chi connectivity index (χ0) is 12.0. The van der Waals surface area contributed by atoms with Crippen LogP contribution in [0.5, 0.6) is 0 Å². The molecule has 1 N–H and O–H groups in total. The monoisotopic (exact) mass is 222 g/mol. The van der Waals surface area contributed by atoms with Crippen LogP contribution in [-0.2, 0) is 0 Å². The van der Waals surface area contributed by atoms with Gasteiger partial charge in [-0.15, -0.1) is 0 Å². The van der Waals surface area contributed by atoms with Crippen LogP contribution < -0.4 is 0 Å². The standard InChI is InChI=1S/C15H26O/c1-11-6-7-13(16)15(4)9-5-8-14(2,3)12(15)10-11/h10,12-13,16H,5-9H2,1-4H3/t12-,13-,15+/m1/s1. The molecular formula is C15H26O. The lowest BCUT2D eigenvalue weighted by Crippen LogP contribution is -2.47. The molecule has 1 nitrogen and oxygen atoms in total. The molecule has 0 heterocycles. The van der Waals surface area contributed by atoms with Crippen molar-refractivity contribution in [1.29, 1.82) is 0 Å². The van der Waals surface area contributed by atoms with Crippen molar-refractivity contribution >= 4 is 0 Å². The Morgan fingerprint density at radius 1 is 1.25 bits per heavy atom. The molecule has 0 radical (unpaired) electrons. The first-order chi connectivity index (χ1) is 7.36. The van der Waals surface area contributed by atoms with E-state index in [4.69, 9.17) is 0 Å². The van der Waals surface area contributed by atoms with Gasteiger partial charge >= 0.3 is 0 Å². The zero-order valence-electron chi connectivity index (χ0n) is 11.2. The number of rotatable bonds is 0. The summed E-state index contributed by atoms with van der Waals surface area (Å²) in [7, 11) is 0. The fourth-order valence-corrected chi connectivity index (χ4v) is 3.98. The van der Waals surface area contributed by atoms with Gasteiger partial charge in [0.2, 0.25) is 0 Å². The lowest BCUT2D eigenvalue weighted by atomic mass is 9.54. The van der Waals surface area contributed by atoms with Crippen molar-refractivity contribution in [2.24, 2.45) is 16.7 Å². The molecule has 1 saturated carbocycles. The first-order valence-electron chi connectivity index (χ1n) is 6.72. The number of allylic oxidation sites excluding steroid dienone is 2. The Labute approximate surface area is 99.9 Å². The molecular weight excluding hydrogens is 196 g/mol. The van der Waals surface area contributed by atoms with Gasteiger partial charge in [0.25, 0.3) is 0 Å². The van der Waals surface area contributed by atoms with Gasteiger partial charge in [0.1, 0.15) is 0 Å². The van der Waals surface area contributed by atoms with Gasteiger partial charge in [-0.05, 0) is 43.9 Å². The van der Waals surface area contributed by atoms with E-state index in [0.29, 0.717) is 11.3 Å². The molecule has 0 aromatic carbocycles. The highest BCUT2D eigenvalue weighted by Gasteiger charge is 2.49. The van der Waals surface area contributed by atoms with Gasteiger partial charge < -0.3 is 5.11 Å². The van der Waals surface area contributed by atoms with E-state index in [0.717, 1.165) is 12.8 Å². The van der Waals surface area contributed by atoms with E-state index in [1.807, 2.05) is 0 Å². The van der Waals surface area contributed by atoms with Crippen LogP contribution >= 0.6 is 0 Å². The van der Waals surface area contributed by atoms with E-state index in [-0.39, 0.29) is 11.5 Å². The maximum Gasteiger partial charge on any atom is 0.0602 e. The molecule has 2 rings (SSSR count). The third-order valence-corrected chi connectivity index (χ3v) is 5.11. The summed E-state index contributed by atoms with van der Waals surface area (Å²) in [5.74, 6) is 0.547. The van der Waals surface area contributed by atoms with Crippen molar-refractivity contribution in [3.63, 3.8) is 0 Å². The molecule has 0 unspecified atom stereocenters.